The molecule has 19 heavy (non-hydrogen) atoms. The number of nitrogens with zero attached hydrogens (tertiary/aromatic N) is 1. The molecule has 0 saturated heterocycles. The molecule has 1 aromatic carbocycles. The van der Waals surface area contributed by atoms with Crippen LogP contribution in [0.15, 0.2) is 47.8 Å². The van der Waals surface area contributed by atoms with Gasteiger partial charge in [-0.15, -0.1) is 22.7 Å². The second-order valence-corrected chi connectivity index (χ2v) is 6.43. The molecule has 0 spiro atoms. The molecule has 1 N–H and O–H groups in total. The molecule has 3 aromatic rings. The van der Waals surface area contributed by atoms with Crippen LogP contribution in [0.5, 0.6) is 0 Å². The van der Waals surface area contributed by atoms with Crippen molar-refractivity contribution in [3.63, 3.8) is 0 Å². The van der Waals surface area contributed by atoms with Gasteiger partial charge in [-0.1, -0.05) is 36.4 Å². The first-order chi connectivity index (χ1) is 9.25. The largest absolute Gasteiger partial charge is 0.381 e. The number of thiophene rings is 1. The molecule has 2 aromatic heterocycles. The van der Waals surface area contributed by atoms with Gasteiger partial charge in [-0.2, -0.15) is 0 Å². The summed E-state index contributed by atoms with van der Waals surface area (Å²) in [5.74, 6) is 0. The number of aliphatic hydroxyl groups is 1. The maximum absolute atomic E-state index is 10.4. The van der Waals surface area contributed by atoms with Crippen molar-refractivity contribution in [1.29, 1.82) is 0 Å². The third-order valence-electron chi connectivity index (χ3n) is 2.92. The zero-order valence-electron chi connectivity index (χ0n) is 10.4. The van der Waals surface area contributed by atoms with Crippen LogP contribution >= 0.6 is 22.7 Å². The van der Waals surface area contributed by atoms with E-state index in [1.54, 1.807) is 22.7 Å². The fraction of sp³-hybridized carbons (Fsp3) is 0.133. The second kappa shape index (κ2) is 5.25. The number of benzene rings is 1. The highest BCUT2D eigenvalue weighted by Crippen LogP contribution is 2.34. The van der Waals surface area contributed by atoms with Crippen LogP contribution < -0.4 is 0 Å². The molecule has 0 aliphatic heterocycles. The van der Waals surface area contributed by atoms with Crippen molar-refractivity contribution in [2.75, 3.05) is 0 Å². The van der Waals surface area contributed by atoms with Crippen LogP contribution in [0.4, 0.5) is 0 Å². The van der Waals surface area contributed by atoms with Crippen LogP contribution in [-0.4, -0.2) is 10.1 Å². The molecule has 2 nitrogen and oxygen atoms in total. The zero-order valence-corrected chi connectivity index (χ0v) is 12.0. The quantitative estimate of drug-likeness (QED) is 0.780. The summed E-state index contributed by atoms with van der Waals surface area (Å²) >= 11 is 3.23. The average molecular weight is 287 g/mol. The van der Waals surface area contributed by atoms with E-state index in [4.69, 9.17) is 0 Å². The van der Waals surface area contributed by atoms with Gasteiger partial charge in [0.2, 0.25) is 0 Å². The van der Waals surface area contributed by atoms with Crippen molar-refractivity contribution >= 4 is 22.7 Å². The summed E-state index contributed by atoms with van der Waals surface area (Å²) < 4.78 is 0. The Balaban J connectivity index is 1.97. The first kappa shape index (κ1) is 12.5. The predicted octanol–water partition coefficient (Wildman–Crippen LogP) is 4.26. The maximum atomic E-state index is 10.4. The molecule has 0 radical (unpaired) electrons. The molecule has 96 valence electrons. The van der Waals surface area contributed by atoms with Crippen LogP contribution in [0.2, 0.25) is 0 Å². The Bertz CT molecular complexity index is 659. The lowest BCUT2D eigenvalue weighted by atomic mass is 10.1. The molecule has 4 heteroatoms. The summed E-state index contributed by atoms with van der Waals surface area (Å²) in [6.07, 6.45) is -0.640. The van der Waals surface area contributed by atoms with Crippen molar-refractivity contribution in [3.05, 3.63) is 63.3 Å². The normalized spacial score (nSPS) is 12.5. The molecule has 0 saturated carbocycles. The van der Waals surface area contributed by atoms with E-state index >= 15 is 0 Å². The predicted molar refractivity (Wildman–Crippen MR) is 80.7 cm³/mol. The number of aromatic nitrogens is 1. The van der Waals surface area contributed by atoms with E-state index in [2.05, 4.69) is 11.1 Å². The fourth-order valence-corrected chi connectivity index (χ4v) is 3.74. The van der Waals surface area contributed by atoms with E-state index in [0.717, 1.165) is 26.0 Å². The first-order valence-corrected chi connectivity index (χ1v) is 7.69. The lowest BCUT2D eigenvalue weighted by molar-refractivity contribution is 0.220. The van der Waals surface area contributed by atoms with Gasteiger partial charge in [-0.05, 0) is 23.9 Å². The van der Waals surface area contributed by atoms with Gasteiger partial charge in [0.1, 0.15) is 11.1 Å². The Morgan fingerprint density at radius 1 is 1.11 bits per heavy atom. The lowest BCUT2D eigenvalue weighted by Gasteiger charge is -2.06. The highest BCUT2D eigenvalue weighted by Gasteiger charge is 2.17. The van der Waals surface area contributed by atoms with Crippen molar-refractivity contribution in [1.82, 2.24) is 4.98 Å². The molecule has 0 aliphatic rings. The molecule has 1 unspecified atom stereocenters. The molecule has 0 amide bonds. The van der Waals surface area contributed by atoms with E-state index in [9.17, 15) is 5.11 Å². The minimum Gasteiger partial charge on any atom is -0.381 e. The van der Waals surface area contributed by atoms with Crippen molar-refractivity contribution in [2.45, 2.75) is 13.0 Å². The molecule has 0 fully saturated rings. The Morgan fingerprint density at radius 2 is 1.89 bits per heavy atom. The smallest absolute Gasteiger partial charge is 0.131 e. The van der Waals surface area contributed by atoms with Gasteiger partial charge < -0.3 is 5.11 Å². The van der Waals surface area contributed by atoms with E-state index in [0.29, 0.717) is 0 Å². The van der Waals surface area contributed by atoms with Gasteiger partial charge in [0.25, 0.3) is 0 Å². The molecule has 0 aliphatic carbocycles. The van der Waals surface area contributed by atoms with Crippen LogP contribution in [-0.2, 0) is 0 Å². The third-order valence-corrected chi connectivity index (χ3v) is 4.82. The topological polar surface area (TPSA) is 33.1 Å². The van der Waals surface area contributed by atoms with Crippen LogP contribution in [0.3, 0.4) is 0 Å². The van der Waals surface area contributed by atoms with Gasteiger partial charge in [-0.25, -0.2) is 4.98 Å². The van der Waals surface area contributed by atoms with Gasteiger partial charge >= 0.3 is 0 Å². The van der Waals surface area contributed by atoms with Gasteiger partial charge in [0, 0.05) is 4.88 Å². The molecular formula is C15H13NOS2. The van der Waals surface area contributed by atoms with E-state index in [1.807, 2.05) is 48.7 Å². The van der Waals surface area contributed by atoms with E-state index in [1.165, 1.54) is 0 Å². The van der Waals surface area contributed by atoms with E-state index < -0.39 is 6.10 Å². The van der Waals surface area contributed by atoms with Crippen LogP contribution in [0.1, 0.15) is 21.6 Å². The minimum atomic E-state index is -0.640. The highest BCUT2D eigenvalue weighted by atomic mass is 32.1. The number of thiazole rings is 1. The summed E-state index contributed by atoms with van der Waals surface area (Å²) in [5, 5.41) is 13.2. The summed E-state index contributed by atoms with van der Waals surface area (Å²) in [7, 11) is 0. The first-order valence-electron chi connectivity index (χ1n) is 6.00. The maximum Gasteiger partial charge on any atom is 0.131 e. The monoisotopic (exact) mass is 287 g/mol. The highest BCUT2D eigenvalue weighted by molar-refractivity contribution is 7.15. The minimum absolute atomic E-state index is 0.640. The molecular weight excluding hydrogens is 274 g/mol. The number of hydrogen-bond donors (Lipinski definition) is 1. The summed E-state index contributed by atoms with van der Waals surface area (Å²) in [5.41, 5.74) is 1.87. The number of hydrogen-bond acceptors (Lipinski definition) is 4. The molecule has 0 bridgehead atoms. The standard InChI is InChI=1S/C15H13NOS2/c1-10-13(12-8-5-9-18-12)16-15(19-10)14(17)11-6-3-2-4-7-11/h2-9,14,17H,1H3. The Morgan fingerprint density at radius 3 is 2.58 bits per heavy atom. The number of aryl methyl sites for hydroxylation is 1. The summed E-state index contributed by atoms with van der Waals surface area (Å²) in [6.45, 7) is 2.05. The third kappa shape index (κ3) is 2.47. The Labute approximate surface area is 120 Å². The zero-order chi connectivity index (χ0) is 13.2. The SMILES string of the molecule is Cc1sc(C(O)c2ccccc2)nc1-c1cccs1. The lowest BCUT2D eigenvalue weighted by Crippen LogP contribution is -1.98. The summed E-state index contributed by atoms with van der Waals surface area (Å²) in [6, 6.07) is 13.7. The molecule has 1 atom stereocenters. The van der Waals surface area contributed by atoms with Crippen molar-refractivity contribution in [2.24, 2.45) is 0 Å². The van der Waals surface area contributed by atoms with Crippen LogP contribution in [0, 0.1) is 6.92 Å². The molecule has 3 rings (SSSR count). The van der Waals surface area contributed by atoms with Gasteiger partial charge in [0.15, 0.2) is 0 Å². The summed E-state index contributed by atoms with van der Waals surface area (Å²) in [4.78, 5) is 6.91. The van der Waals surface area contributed by atoms with Gasteiger partial charge in [0.05, 0.1) is 10.6 Å². The second-order valence-electron chi connectivity index (χ2n) is 4.25. The molecule has 2 heterocycles. The fourth-order valence-electron chi connectivity index (χ4n) is 1.95. The van der Waals surface area contributed by atoms with Crippen molar-refractivity contribution in [3.8, 4) is 10.6 Å². The number of aliphatic hydroxyl groups excluding tert-OH is 1. The van der Waals surface area contributed by atoms with Crippen molar-refractivity contribution < 1.29 is 5.11 Å². The van der Waals surface area contributed by atoms with Gasteiger partial charge in [-0.3, -0.25) is 0 Å². The number of rotatable bonds is 3. The Kier molecular flexibility index (Phi) is 3.46. The average Bonchev–Trinajstić information content (AvgIpc) is 3.08. The van der Waals surface area contributed by atoms with Crippen LogP contribution in [0.25, 0.3) is 10.6 Å². The Hall–Kier alpha value is -1.49. The van der Waals surface area contributed by atoms with E-state index in [-0.39, 0.29) is 0 Å².